The van der Waals surface area contributed by atoms with Crippen LogP contribution in [0.25, 0.3) is 11.2 Å². The van der Waals surface area contributed by atoms with E-state index in [4.69, 9.17) is 0 Å². The number of hydrogen-bond donors (Lipinski definition) is 0. The quantitative estimate of drug-likeness (QED) is 0.497. The van der Waals surface area contributed by atoms with E-state index >= 15 is 0 Å². The van der Waals surface area contributed by atoms with Crippen LogP contribution >= 0.6 is 0 Å². The number of allylic oxidation sites excluding steroid dienone is 8. The summed E-state index contributed by atoms with van der Waals surface area (Å²) in [7, 11) is 0. The molecule has 0 N–H and O–H groups in total. The van der Waals surface area contributed by atoms with Crippen LogP contribution in [0.1, 0.15) is 40.2 Å². The van der Waals surface area contributed by atoms with Crippen LogP contribution in [0.2, 0.25) is 0 Å². The molecular weight excluding hydrogens is 332 g/mol. The molecule has 0 saturated carbocycles. The van der Waals surface area contributed by atoms with Gasteiger partial charge in [-0.05, 0) is 31.2 Å². The van der Waals surface area contributed by atoms with E-state index in [0.29, 0.717) is 0 Å². The zero-order valence-electron chi connectivity index (χ0n) is 16.8. The lowest BCUT2D eigenvalue weighted by Crippen LogP contribution is -1.90. The molecule has 3 heterocycles. The second kappa shape index (κ2) is 13.0. The molecule has 0 fully saturated rings. The largest absolute Gasteiger partial charge is 0.248 e. The molecule has 3 rings (SSSR count). The fraction of sp³-hybridized carbons (Fsp3) is 0.217. The molecule has 0 unspecified atom stereocenters. The zero-order chi connectivity index (χ0) is 19.9. The standard InChI is InChI=1S/C19H16N4.2C2H6/c1-2-3-4-5-6-10-17-11-7-9-16(14-21-17)18-15-22-23-13-8-12-20-19(18)23;2*1-2/h2-10,12-15H,1H3;2*1-2H3/b3-2-,5-4-,10-6+;;. The monoisotopic (exact) mass is 360 g/mol. The molecule has 0 radical (unpaired) electrons. The van der Waals surface area contributed by atoms with E-state index in [9.17, 15) is 0 Å². The van der Waals surface area contributed by atoms with Gasteiger partial charge in [-0.3, -0.25) is 0 Å². The van der Waals surface area contributed by atoms with Gasteiger partial charge in [0.15, 0.2) is 5.65 Å². The molecule has 4 nitrogen and oxygen atoms in total. The molecule has 2 aromatic heterocycles. The van der Waals surface area contributed by atoms with Gasteiger partial charge in [-0.25, -0.2) is 14.5 Å². The van der Waals surface area contributed by atoms with E-state index in [0.717, 1.165) is 22.5 Å². The number of fused-ring (bicyclic) bond motifs is 1. The molecule has 0 atom stereocenters. The first-order valence-electron chi connectivity index (χ1n) is 9.34. The van der Waals surface area contributed by atoms with Gasteiger partial charge < -0.3 is 0 Å². The molecule has 140 valence electrons. The molecular formula is C23H28N4. The molecule has 4 heteroatoms. The second-order valence-corrected chi connectivity index (χ2v) is 4.79. The molecule has 0 aromatic carbocycles. The third kappa shape index (κ3) is 6.53. The van der Waals surface area contributed by atoms with Crippen molar-refractivity contribution in [2.24, 2.45) is 4.99 Å². The van der Waals surface area contributed by atoms with E-state index in [-0.39, 0.29) is 0 Å². The number of aromatic nitrogens is 3. The number of hydrogen-bond acceptors (Lipinski definition) is 3. The summed E-state index contributed by atoms with van der Waals surface area (Å²) >= 11 is 0. The molecule has 0 saturated heterocycles. The highest BCUT2D eigenvalue weighted by Crippen LogP contribution is 2.18. The van der Waals surface area contributed by atoms with Gasteiger partial charge >= 0.3 is 0 Å². The van der Waals surface area contributed by atoms with Gasteiger partial charge in [-0.1, -0.05) is 63.8 Å². The van der Waals surface area contributed by atoms with Crippen molar-refractivity contribution in [3.63, 3.8) is 0 Å². The Hall–Kier alpha value is -3.23. The lowest BCUT2D eigenvalue weighted by atomic mass is 10.1. The highest BCUT2D eigenvalue weighted by Gasteiger charge is 2.08. The van der Waals surface area contributed by atoms with Crippen LogP contribution in [0.4, 0.5) is 0 Å². The average molecular weight is 361 g/mol. The number of aliphatic imine (C=N–C) groups is 1. The van der Waals surface area contributed by atoms with Gasteiger partial charge in [0.05, 0.1) is 6.20 Å². The Morgan fingerprint density at radius 1 is 1.04 bits per heavy atom. The van der Waals surface area contributed by atoms with Crippen LogP contribution in [0.5, 0.6) is 0 Å². The van der Waals surface area contributed by atoms with Crippen molar-refractivity contribution < 1.29 is 0 Å². The van der Waals surface area contributed by atoms with Crippen LogP contribution in [0.15, 0.2) is 89.7 Å². The smallest absolute Gasteiger partial charge is 0.162 e. The Balaban J connectivity index is 0.000000855. The molecule has 0 spiro atoms. The summed E-state index contributed by atoms with van der Waals surface area (Å²) in [5.74, 6) is 0. The molecule has 0 bridgehead atoms. The summed E-state index contributed by atoms with van der Waals surface area (Å²) in [6, 6.07) is 1.85. The van der Waals surface area contributed by atoms with Gasteiger partial charge in [-0.2, -0.15) is 5.10 Å². The van der Waals surface area contributed by atoms with Crippen LogP contribution in [-0.2, 0) is 0 Å². The predicted octanol–water partition coefficient (Wildman–Crippen LogP) is 5.98. The third-order valence-corrected chi connectivity index (χ3v) is 3.21. The molecule has 0 amide bonds. The second-order valence-electron chi connectivity index (χ2n) is 4.79. The van der Waals surface area contributed by atoms with Gasteiger partial charge in [0.25, 0.3) is 0 Å². The summed E-state index contributed by atoms with van der Waals surface area (Å²) in [6.45, 7) is 9.98. The Morgan fingerprint density at radius 2 is 1.81 bits per heavy atom. The van der Waals surface area contributed by atoms with Crippen molar-refractivity contribution >= 4 is 17.4 Å². The van der Waals surface area contributed by atoms with E-state index in [1.807, 2.05) is 102 Å². The zero-order valence-corrected chi connectivity index (χ0v) is 16.8. The molecule has 0 aliphatic carbocycles. The van der Waals surface area contributed by atoms with Crippen LogP contribution in [0.3, 0.4) is 0 Å². The van der Waals surface area contributed by atoms with E-state index in [2.05, 4.69) is 20.8 Å². The molecule has 1 aliphatic rings. The number of rotatable bonds is 4. The molecule has 2 aromatic rings. The maximum atomic E-state index is 4.46. The van der Waals surface area contributed by atoms with Gasteiger partial charge in [0.1, 0.15) is 5.70 Å². The van der Waals surface area contributed by atoms with Gasteiger partial charge in [0.2, 0.25) is 0 Å². The first kappa shape index (κ1) is 21.8. The van der Waals surface area contributed by atoms with Crippen molar-refractivity contribution in [3.05, 3.63) is 90.3 Å². The van der Waals surface area contributed by atoms with Crippen molar-refractivity contribution in [2.75, 3.05) is 0 Å². The Bertz CT molecular complexity index is 915. The van der Waals surface area contributed by atoms with Crippen LogP contribution in [-0.4, -0.2) is 20.8 Å². The molecule has 1 aliphatic heterocycles. The van der Waals surface area contributed by atoms with Gasteiger partial charge in [0, 0.05) is 29.7 Å². The summed E-state index contributed by atoms with van der Waals surface area (Å²) < 4.78 is 1.75. The summed E-state index contributed by atoms with van der Waals surface area (Å²) in [6.07, 6.45) is 22.8. The van der Waals surface area contributed by atoms with Crippen molar-refractivity contribution in [1.82, 2.24) is 14.6 Å². The van der Waals surface area contributed by atoms with E-state index in [1.165, 1.54) is 0 Å². The average Bonchev–Trinajstić information content (AvgIpc) is 3.03. The lowest BCUT2D eigenvalue weighted by Gasteiger charge is -1.97. The summed E-state index contributed by atoms with van der Waals surface area (Å²) in [5, 5.41) is 4.30. The lowest BCUT2D eigenvalue weighted by molar-refractivity contribution is 0.939. The minimum atomic E-state index is 0.769. The maximum absolute atomic E-state index is 4.46. The Kier molecular flexibility index (Phi) is 10.5. The maximum Gasteiger partial charge on any atom is 0.162 e. The fourth-order valence-corrected chi connectivity index (χ4v) is 2.10. The van der Waals surface area contributed by atoms with Crippen LogP contribution < -0.4 is 0 Å². The topological polar surface area (TPSA) is 42.5 Å². The van der Waals surface area contributed by atoms with Crippen molar-refractivity contribution in [2.45, 2.75) is 34.6 Å². The normalized spacial score (nSPS) is 13.2. The highest BCUT2D eigenvalue weighted by atomic mass is 15.2. The first-order chi connectivity index (χ1) is 13.4. The van der Waals surface area contributed by atoms with Crippen molar-refractivity contribution in [3.8, 4) is 0 Å². The fourth-order valence-electron chi connectivity index (χ4n) is 2.10. The predicted molar refractivity (Wildman–Crippen MR) is 117 cm³/mol. The Labute approximate surface area is 162 Å². The summed E-state index contributed by atoms with van der Waals surface area (Å²) in [4.78, 5) is 8.83. The highest BCUT2D eigenvalue weighted by molar-refractivity contribution is 6.13. The minimum absolute atomic E-state index is 0.769. The first-order valence-corrected chi connectivity index (χ1v) is 9.34. The Morgan fingerprint density at radius 3 is 2.59 bits per heavy atom. The van der Waals surface area contributed by atoms with E-state index in [1.54, 1.807) is 16.9 Å². The SMILES string of the molecule is CC.CC.C\C=C/C=C\C=C\C1=C=CC=C(c2cnn3cccnc23)C=N1. The molecule has 27 heavy (non-hydrogen) atoms. The number of nitrogens with zero attached hydrogens (tertiary/aromatic N) is 4. The van der Waals surface area contributed by atoms with Crippen LogP contribution in [0, 0.1) is 0 Å². The summed E-state index contributed by atoms with van der Waals surface area (Å²) in [5.41, 5.74) is 6.63. The van der Waals surface area contributed by atoms with Gasteiger partial charge in [-0.15, -0.1) is 0 Å². The minimum Gasteiger partial charge on any atom is -0.248 e. The van der Waals surface area contributed by atoms with Crippen molar-refractivity contribution in [1.29, 1.82) is 0 Å². The van der Waals surface area contributed by atoms with E-state index < -0.39 is 0 Å². The third-order valence-electron chi connectivity index (χ3n) is 3.21.